The Kier molecular flexibility index (Phi) is 6.48. The largest absolute Gasteiger partial charge is 0.330 e. The fourth-order valence-electron chi connectivity index (χ4n) is 3.11. The maximum atomic E-state index is 5.45. The van der Waals surface area contributed by atoms with Gasteiger partial charge in [0.2, 0.25) is 0 Å². The fraction of sp³-hybridized carbons (Fsp3) is 0.174. The molecule has 0 saturated carbocycles. The van der Waals surface area contributed by atoms with Crippen LogP contribution in [0.2, 0.25) is 0 Å². The molecular weight excluding hydrogens is 472 g/mol. The van der Waals surface area contributed by atoms with Crippen LogP contribution in [0.4, 0.5) is 11.5 Å². The van der Waals surface area contributed by atoms with E-state index >= 15 is 0 Å². The summed E-state index contributed by atoms with van der Waals surface area (Å²) in [4.78, 5) is 0. The summed E-state index contributed by atoms with van der Waals surface area (Å²) in [6.07, 6.45) is 5.62. The maximum Gasteiger partial charge on any atom is 0.176 e. The average Bonchev–Trinajstić information content (AvgIpc) is 3.31. The number of anilines is 2. The van der Waals surface area contributed by atoms with E-state index in [1.54, 1.807) is 6.20 Å². The minimum atomic E-state index is 0.455. The highest BCUT2D eigenvalue weighted by atomic mass is 79.9. The molecule has 2 aromatic heterocycles. The lowest BCUT2D eigenvalue weighted by Gasteiger charge is -2.07. The van der Waals surface area contributed by atoms with Crippen LogP contribution in [0.15, 0.2) is 71.6 Å². The van der Waals surface area contributed by atoms with E-state index in [4.69, 9.17) is 12.2 Å². The number of hydrogen-bond acceptors (Lipinski definition) is 3. The summed E-state index contributed by atoms with van der Waals surface area (Å²) in [7, 11) is 0. The van der Waals surface area contributed by atoms with Crippen LogP contribution in [-0.4, -0.2) is 24.7 Å². The van der Waals surface area contributed by atoms with Gasteiger partial charge in [-0.1, -0.05) is 59.7 Å². The Labute approximate surface area is 195 Å². The van der Waals surface area contributed by atoms with Crippen molar-refractivity contribution in [1.82, 2.24) is 19.6 Å². The number of aromatic nitrogens is 4. The molecular formula is C23H23BrN6S. The zero-order valence-electron chi connectivity index (χ0n) is 17.3. The number of nitrogens with one attached hydrogen (secondary N) is 2. The summed E-state index contributed by atoms with van der Waals surface area (Å²) in [6, 6.07) is 16.9. The molecule has 0 atom stereocenters. The molecule has 2 aromatic carbocycles. The Bertz CT molecular complexity index is 1180. The van der Waals surface area contributed by atoms with Crippen LogP contribution >= 0.6 is 28.1 Å². The standard InChI is InChI=1S/C23H23BrN6S/c1-16-3-7-18(8-4-16)12-29-14-20(11-25-29)26-23(31)27-22-21(24)15-30(28-22)13-19-9-5-17(2)6-10-19/h3-11,14-15H,12-13H2,1-2H3,(H2,26,27,28,31). The van der Waals surface area contributed by atoms with E-state index < -0.39 is 0 Å². The Morgan fingerprint density at radius 2 is 1.45 bits per heavy atom. The van der Waals surface area contributed by atoms with Crippen LogP contribution in [0.1, 0.15) is 22.3 Å². The van der Waals surface area contributed by atoms with Gasteiger partial charge < -0.3 is 10.6 Å². The lowest BCUT2D eigenvalue weighted by molar-refractivity contribution is 0.687. The number of nitrogens with zero attached hydrogens (tertiary/aromatic N) is 4. The van der Waals surface area contributed by atoms with Crippen LogP contribution < -0.4 is 10.6 Å². The molecule has 2 N–H and O–H groups in total. The van der Waals surface area contributed by atoms with E-state index in [0.717, 1.165) is 10.2 Å². The maximum absolute atomic E-state index is 5.45. The first-order valence-corrected chi connectivity index (χ1v) is 11.1. The first-order chi connectivity index (χ1) is 14.9. The van der Waals surface area contributed by atoms with Crippen molar-refractivity contribution >= 4 is 44.8 Å². The minimum Gasteiger partial charge on any atom is -0.330 e. The molecule has 0 bridgehead atoms. The summed E-state index contributed by atoms with van der Waals surface area (Å²) in [6.45, 7) is 5.55. The Morgan fingerprint density at radius 3 is 2.06 bits per heavy atom. The third-order valence-electron chi connectivity index (χ3n) is 4.77. The molecule has 0 aliphatic heterocycles. The summed E-state index contributed by atoms with van der Waals surface area (Å²) in [5.41, 5.74) is 5.69. The molecule has 158 valence electrons. The Morgan fingerprint density at radius 1 is 0.871 bits per heavy atom. The number of hydrogen-bond donors (Lipinski definition) is 2. The van der Waals surface area contributed by atoms with Crippen LogP contribution in [0.25, 0.3) is 0 Å². The van der Waals surface area contributed by atoms with Gasteiger partial charge in [-0.05, 0) is 53.1 Å². The highest BCUT2D eigenvalue weighted by Gasteiger charge is 2.10. The molecule has 0 radical (unpaired) electrons. The highest BCUT2D eigenvalue weighted by molar-refractivity contribution is 9.10. The van der Waals surface area contributed by atoms with Gasteiger partial charge in [-0.2, -0.15) is 10.2 Å². The van der Waals surface area contributed by atoms with Gasteiger partial charge in [0.15, 0.2) is 10.9 Å². The van der Waals surface area contributed by atoms with Crippen molar-refractivity contribution in [2.24, 2.45) is 0 Å². The van der Waals surface area contributed by atoms with E-state index in [2.05, 4.69) is 99.1 Å². The number of halogens is 1. The first-order valence-electron chi connectivity index (χ1n) is 9.89. The number of benzene rings is 2. The van der Waals surface area contributed by atoms with Crippen molar-refractivity contribution in [3.63, 3.8) is 0 Å². The van der Waals surface area contributed by atoms with E-state index in [0.29, 0.717) is 24.0 Å². The van der Waals surface area contributed by atoms with E-state index in [1.807, 2.05) is 21.8 Å². The van der Waals surface area contributed by atoms with Gasteiger partial charge in [0.05, 0.1) is 29.4 Å². The Balaban J connectivity index is 1.34. The van der Waals surface area contributed by atoms with Gasteiger partial charge >= 0.3 is 0 Å². The van der Waals surface area contributed by atoms with Gasteiger partial charge in [-0.3, -0.25) is 9.36 Å². The molecule has 0 amide bonds. The van der Waals surface area contributed by atoms with E-state index in [9.17, 15) is 0 Å². The summed E-state index contributed by atoms with van der Waals surface area (Å²) in [5, 5.41) is 15.8. The average molecular weight is 495 g/mol. The van der Waals surface area contributed by atoms with Crippen LogP contribution in [0.3, 0.4) is 0 Å². The van der Waals surface area contributed by atoms with Crippen LogP contribution in [0, 0.1) is 13.8 Å². The first kappa shape index (κ1) is 21.3. The SMILES string of the molecule is Cc1ccc(Cn2cc(NC(=S)Nc3nn(Cc4ccc(C)cc4)cc3Br)cn2)cc1. The van der Waals surface area contributed by atoms with Crippen molar-refractivity contribution in [3.05, 3.63) is 93.8 Å². The second-order valence-corrected chi connectivity index (χ2v) is 8.76. The quantitative estimate of drug-likeness (QED) is 0.353. The monoisotopic (exact) mass is 494 g/mol. The summed E-state index contributed by atoms with van der Waals surface area (Å²) >= 11 is 9.01. The molecule has 0 saturated heterocycles. The van der Waals surface area contributed by atoms with Crippen molar-refractivity contribution in [3.8, 4) is 0 Å². The molecule has 0 aliphatic carbocycles. The van der Waals surface area contributed by atoms with Crippen molar-refractivity contribution < 1.29 is 0 Å². The normalized spacial score (nSPS) is 10.8. The smallest absolute Gasteiger partial charge is 0.176 e. The zero-order chi connectivity index (χ0) is 21.8. The third-order valence-corrected chi connectivity index (χ3v) is 5.55. The zero-order valence-corrected chi connectivity index (χ0v) is 19.7. The van der Waals surface area contributed by atoms with Crippen molar-refractivity contribution in [2.45, 2.75) is 26.9 Å². The predicted octanol–water partition coefficient (Wildman–Crippen LogP) is 5.36. The number of aryl methyl sites for hydroxylation is 2. The molecule has 0 unspecified atom stereocenters. The van der Waals surface area contributed by atoms with Crippen LogP contribution in [0.5, 0.6) is 0 Å². The molecule has 31 heavy (non-hydrogen) atoms. The molecule has 2 heterocycles. The van der Waals surface area contributed by atoms with Gasteiger partial charge in [0.25, 0.3) is 0 Å². The third kappa shape index (κ3) is 5.80. The lowest BCUT2D eigenvalue weighted by Crippen LogP contribution is -2.19. The second-order valence-electron chi connectivity index (χ2n) is 7.50. The molecule has 4 rings (SSSR count). The van der Waals surface area contributed by atoms with E-state index in [-0.39, 0.29) is 0 Å². The van der Waals surface area contributed by atoms with Crippen LogP contribution in [-0.2, 0) is 13.1 Å². The van der Waals surface area contributed by atoms with Gasteiger partial charge in [-0.15, -0.1) is 0 Å². The number of thiocarbonyl (C=S) groups is 1. The second kappa shape index (κ2) is 9.45. The highest BCUT2D eigenvalue weighted by Crippen LogP contribution is 2.21. The van der Waals surface area contributed by atoms with Crippen molar-refractivity contribution in [1.29, 1.82) is 0 Å². The van der Waals surface area contributed by atoms with Gasteiger partial charge in [0, 0.05) is 12.4 Å². The molecule has 8 heteroatoms. The summed E-state index contributed by atoms with van der Waals surface area (Å²) < 4.78 is 4.60. The van der Waals surface area contributed by atoms with Crippen molar-refractivity contribution in [2.75, 3.05) is 10.6 Å². The molecule has 0 spiro atoms. The molecule has 4 aromatic rings. The molecule has 6 nitrogen and oxygen atoms in total. The predicted molar refractivity (Wildman–Crippen MR) is 133 cm³/mol. The molecule has 0 aliphatic rings. The fourth-order valence-corrected chi connectivity index (χ4v) is 3.74. The molecule has 0 fully saturated rings. The van der Waals surface area contributed by atoms with Gasteiger partial charge in [-0.25, -0.2) is 0 Å². The Hall–Kier alpha value is -2.97. The van der Waals surface area contributed by atoms with E-state index in [1.165, 1.54) is 22.3 Å². The lowest BCUT2D eigenvalue weighted by atomic mass is 10.1. The topological polar surface area (TPSA) is 59.7 Å². The summed E-state index contributed by atoms with van der Waals surface area (Å²) in [5.74, 6) is 0.664. The number of rotatable bonds is 6. The minimum absolute atomic E-state index is 0.455. The van der Waals surface area contributed by atoms with Gasteiger partial charge in [0.1, 0.15) is 0 Å².